The summed E-state index contributed by atoms with van der Waals surface area (Å²) in [6.45, 7) is 2.03. The molecule has 0 bridgehead atoms. The maximum absolute atomic E-state index is 12.4. The zero-order valence-electron chi connectivity index (χ0n) is 10.5. The highest BCUT2D eigenvalue weighted by Crippen LogP contribution is 2.30. The molecule has 0 aliphatic carbocycles. The Balaban J connectivity index is 1.95. The summed E-state index contributed by atoms with van der Waals surface area (Å²) in [6, 6.07) is 12.6. The molecule has 1 aliphatic heterocycles. The van der Waals surface area contributed by atoms with Crippen molar-refractivity contribution < 1.29 is 9.53 Å². The van der Waals surface area contributed by atoms with Crippen molar-refractivity contribution in [2.75, 3.05) is 0 Å². The molecule has 0 radical (unpaired) electrons. The molecule has 3 rings (SSSR count). The summed E-state index contributed by atoms with van der Waals surface area (Å²) in [7, 11) is 0. The molecular weight excluding hydrogens is 260 g/mol. The number of rotatable bonds is 2. The molecule has 96 valence electrons. The lowest BCUT2D eigenvalue weighted by Crippen LogP contribution is -2.05. The van der Waals surface area contributed by atoms with Gasteiger partial charge in [-0.25, -0.2) is 0 Å². The van der Waals surface area contributed by atoms with E-state index in [1.165, 1.54) is 0 Å². The highest BCUT2D eigenvalue weighted by molar-refractivity contribution is 6.31. The van der Waals surface area contributed by atoms with Crippen molar-refractivity contribution in [3.63, 3.8) is 0 Å². The maximum atomic E-state index is 12.4. The van der Waals surface area contributed by atoms with Crippen LogP contribution < -0.4 is 4.74 Å². The zero-order valence-corrected chi connectivity index (χ0v) is 11.3. The highest BCUT2D eigenvalue weighted by atomic mass is 35.5. The number of hydrogen-bond donors (Lipinski definition) is 0. The first-order valence-corrected chi connectivity index (χ1v) is 6.61. The summed E-state index contributed by atoms with van der Waals surface area (Å²) < 4.78 is 5.63. The van der Waals surface area contributed by atoms with Gasteiger partial charge in [0.15, 0.2) is 5.78 Å². The molecule has 1 unspecified atom stereocenters. The highest BCUT2D eigenvalue weighted by Gasteiger charge is 2.20. The van der Waals surface area contributed by atoms with Crippen LogP contribution in [0.1, 0.15) is 28.4 Å². The van der Waals surface area contributed by atoms with Crippen molar-refractivity contribution in [1.29, 1.82) is 0 Å². The third-order valence-electron chi connectivity index (χ3n) is 3.25. The van der Waals surface area contributed by atoms with E-state index in [1.54, 1.807) is 30.3 Å². The molecule has 1 aliphatic rings. The standard InChI is InChI=1S/C16H13ClO2/c1-10-7-13-8-12(5-6-15(13)19-10)16(18)11-3-2-4-14(17)9-11/h2-6,8-10H,7H2,1H3. The molecule has 1 heterocycles. The third kappa shape index (κ3) is 2.36. The summed E-state index contributed by atoms with van der Waals surface area (Å²) >= 11 is 5.92. The smallest absolute Gasteiger partial charge is 0.193 e. The third-order valence-corrected chi connectivity index (χ3v) is 3.48. The largest absolute Gasteiger partial charge is 0.490 e. The molecule has 0 amide bonds. The lowest BCUT2D eigenvalue weighted by molar-refractivity contribution is 0.103. The molecule has 2 aromatic rings. The van der Waals surface area contributed by atoms with Gasteiger partial charge >= 0.3 is 0 Å². The van der Waals surface area contributed by atoms with Crippen LogP contribution in [-0.2, 0) is 6.42 Å². The monoisotopic (exact) mass is 272 g/mol. The number of benzene rings is 2. The van der Waals surface area contributed by atoms with Gasteiger partial charge < -0.3 is 4.74 Å². The van der Waals surface area contributed by atoms with E-state index >= 15 is 0 Å². The second-order valence-electron chi connectivity index (χ2n) is 4.79. The average Bonchev–Trinajstić information content (AvgIpc) is 2.76. The predicted octanol–water partition coefficient (Wildman–Crippen LogP) is 3.89. The van der Waals surface area contributed by atoms with Crippen molar-refractivity contribution in [1.82, 2.24) is 0 Å². The van der Waals surface area contributed by atoms with Crippen LogP contribution in [-0.4, -0.2) is 11.9 Å². The molecule has 2 aromatic carbocycles. The molecule has 1 atom stereocenters. The minimum absolute atomic E-state index is 0.00940. The normalized spacial score (nSPS) is 16.8. The first-order chi connectivity index (χ1) is 9.13. The molecule has 3 heteroatoms. The Morgan fingerprint density at radius 3 is 2.79 bits per heavy atom. The van der Waals surface area contributed by atoms with Crippen LogP contribution in [0.15, 0.2) is 42.5 Å². The Labute approximate surface area is 117 Å². The Kier molecular flexibility index (Phi) is 3.03. The molecule has 0 N–H and O–H groups in total. The quantitative estimate of drug-likeness (QED) is 0.775. The van der Waals surface area contributed by atoms with E-state index in [2.05, 4.69) is 0 Å². The Hall–Kier alpha value is -1.80. The van der Waals surface area contributed by atoms with Gasteiger partial charge in [-0.2, -0.15) is 0 Å². The van der Waals surface area contributed by atoms with E-state index in [4.69, 9.17) is 16.3 Å². The first kappa shape index (κ1) is 12.2. The molecular formula is C16H13ClO2. The van der Waals surface area contributed by atoms with E-state index in [0.29, 0.717) is 16.1 Å². The van der Waals surface area contributed by atoms with Crippen LogP contribution in [0.25, 0.3) is 0 Å². The number of ketones is 1. The molecule has 2 nitrogen and oxygen atoms in total. The number of fused-ring (bicyclic) bond motifs is 1. The van der Waals surface area contributed by atoms with Gasteiger partial charge in [-0.15, -0.1) is 0 Å². The van der Waals surface area contributed by atoms with Crippen molar-refractivity contribution in [3.8, 4) is 5.75 Å². The van der Waals surface area contributed by atoms with Crippen molar-refractivity contribution in [3.05, 3.63) is 64.2 Å². The summed E-state index contributed by atoms with van der Waals surface area (Å²) in [5.74, 6) is 0.875. The Morgan fingerprint density at radius 2 is 2.00 bits per heavy atom. The number of hydrogen-bond acceptors (Lipinski definition) is 2. The Bertz CT molecular complexity index is 649. The van der Waals surface area contributed by atoms with Crippen LogP contribution in [0.2, 0.25) is 5.02 Å². The lowest BCUT2D eigenvalue weighted by atomic mass is 10.00. The van der Waals surface area contributed by atoms with E-state index in [0.717, 1.165) is 17.7 Å². The molecule has 0 aromatic heterocycles. The van der Waals surface area contributed by atoms with Crippen LogP contribution in [0.3, 0.4) is 0 Å². The molecule has 0 fully saturated rings. The maximum Gasteiger partial charge on any atom is 0.193 e. The average molecular weight is 273 g/mol. The topological polar surface area (TPSA) is 26.3 Å². The molecule has 19 heavy (non-hydrogen) atoms. The van der Waals surface area contributed by atoms with Gasteiger partial charge in [-0.1, -0.05) is 23.7 Å². The van der Waals surface area contributed by atoms with Crippen LogP contribution in [0.5, 0.6) is 5.75 Å². The van der Waals surface area contributed by atoms with Gasteiger partial charge in [-0.05, 0) is 42.8 Å². The van der Waals surface area contributed by atoms with Crippen molar-refractivity contribution in [2.45, 2.75) is 19.4 Å². The van der Waals surface area contributed by atoms with Gasteiger partial charge in [0, 0.05) is 22.6 Å². The fourth-order valence-electron chi connectivity index (χ4n) is 2.36. The molecule has 0 saturated heterocycles. The summed E-state index contributed by atoms with van der Waals surface area (Å²) in [6.07, 6.45) is 1.04. The minimum Gasteiger partial charge on any atom is -0.490 e. The number of carbonyl (C=O) groups is 1. The second-order valence-corrected chi connectivity index (χ2v) is 5.23. The van der Waals surface area contributed by atoms with E-state index < -0.39 is 0 Å². The number of ether oxygens (including phenoxy) is 1. The van der Waals surface area contributed by atoms with E-state index in [1.807, 2.05) is 19.1 Å². The van der Waals surface area contributed by atoms with Gasteiger partial charge in [0.2, 0.25) is 0 Å². The zero-order chi connectivity index (χ0) is 13.4. The van der Waals surface area contributed by atoms with Crippen LogP contribution in [0.4, 0.5) is 0 Å². The SMILES string of the molecule is CC1Cc2cc(C(=O)c3cccc(Cl)c3)ccc2O1. The van der Waals surface area contributed by atoms with Gasteiger partial charge in [0.1, 0.15) is 11.9 Å². The Morgan fingerprint density at radius 1 is 1.21 bits per heavy atom. The molecule has 0 spiro atoms. The van der Waals surface area contributed by atoms with Gasteiger partial charge in [0.25, 0.3) is 0 Å². The van der Waals surface area contributed by atoms with Gasteiger partial charge in [-0.3, -0.25) is 4.79 Å². The molecule has 0 saturated carbocycles. The van der Waals surface area contributed by atoms with Gasteiger partial charge in [0.05, 0.1) is 0 Å². The second kappa shape index (κ2) is 4.71. The van der Waals surface area contributed by atoms with Crippen LogP contribution in [0, 0.1) is 0 Å². The number of carbonyl (C=O) groups excluding carboxylic acids is 1. The van der Waals surface area contributed by atoms with Crippen molar-refractivity contribution in [2.24, 2.45) is 0 Å². The van der Waals surface area contributed by atoms with Crippen LogP contribution >= 0.6 is 11.6 Å². The number of halogens is 1. The van der Waals surface area contributed by atoms with E-state index in [-0.39, 0.29) is 11.9 Å². The minimum atomic E-state index is -0.00940. The summed E-state index contributed by atoms with van der Waals surface area (Å²) in [5.41, 5.74) is 2.39. The fourth-order valence-corrected chi connectivity index (χ4v) is 2.55. The summed E-state index contributed by atoms with van der Waals surface area (Å²) in [4.78, 5) is 12.4. The summed E-state index contributed by atoms with van der Waals surface area (Å²) in [5, 5.41) is 0.573. The first-order valence-electron chi connectivity index (χ1n) is 6.23. The predicted molar refractivity (Wildman–Crippen MR) is 75.1 cm³/mol. The van der Waals surface area contributed by atoms with E-state index in [9.17, 15) is 4.79 Å². The van der Waals surface area contributed by atoms with Crippen molar-refractivity contribution >= 4 is 17.4 Å². The fraction of sp³-hybridized carbons (Fsp3) is 0.188. The lowest BCUT2D eigenvalue weighted by Gasteiger charge is -2.04.